The molecule has 3 aromatic rings. The lowest BCUT2D eigenvalue weighted by Gasteiger charge is -2.35. The van der Waals surface area contributed by atoms with Gasteiger partial charge < -0.3 is 14.2 Å². The molecule has 2 aromatic carbocycles. The SMILES string of the molecule is C[C@@H]1c2cccn2CCN1C(=O)c1cccc(Oc2ccccc2)c1. The molecular weight excluding hydrogens is 312 g/mol. The Morgan fingerprint density at radius 1 is 0.960 bits per heavy atom. The molecule has 0 fully saturated rings. The van der Waals surface area contributed by atoms with Crippen LogP contribution in [-0.2, 0) is 6.54 Å². The molecule has 4 rings (SSSR count). The summed E-state index contributed by atoms with van der Waals surface area (Å²) in [6.45, 7) is 3.62. The number of rotatable bonds is 3. The van der Waals surface area contributed by atoms with Gasteiger partial charge in [0.05, 0.1) is 6.04 Å². The maximum absolute atomic E-state index is 13.0. The van der Waals surface area contributed by atoms with Crippen LogP contribution in [0.2, 0.25) is 0 Å². The molecule has 4 nitrogen and oxygen atoms in total. The average Bonchev–Trinajstić information content (AvgIpc) is 3.12. The maximum Gasteiger partial charge on any atom is 0.254 e. The van der Waals surface area contributed by atoms with Crippen molar-refractivity contribution in [3.05, 3.63) is 84.2 Å². The first kappa shape index (κ1) is 15.5. The van der Waals surface area contributed by atoms with Gasteiger partial charge in [-0.3, -0.25) is 4.79 Å². The minimum atomic E-state index is 0.0402. The van der Waals surface area contributed by atoms with Crippen LogP contribution >= 0.6 is 0 Å². The second-order valence-corrected chi connectivity index (χ2v) is 6.24. The summed E-state index contributed by atoms with van der Waals surface area (Å²) in [7, 11) is 0. The number of hydrogen-bond acceptors (Lipinski definition) is 2. The lowest BCUT2D eigenvalue weighted by Crippen LogP contribution is -2.40. The molecule has 4 heteroatoms. The molecular formula is C21H20N2O2. The Labute approximate surface area is 147 Å². The van der Waals surface area contributed by atoms with E-state index in [0.29, 0.717) is 17.9 Å². The summed E-state index contributed by atoms with van der Waals surface area (Å²) in [6, 6.07) is 21.2. The van der Waals surface area contributed by atoms with Gasteiger partial charge >= 0.3 is 0 Å². The lowest BCUT2D eigenvalue weighted by molar-refractivity contribution is 0.0643. The lowest BCUT2D eigenvalue weighted by atomic mass is 10.1. The smallest absolute Gasteiger partial charge is 0.254 e. The monoisotopic (exact) mass is 332 g/mol. The zero-order valence-electron chi connectivity index (χ0n) is 14.1. The van der Waals surface area contributed by atoms with Crippen molar-refractivity contribution >= 4 is 5.91 Å². The van der Waals surface area contributed by atoms with E-state index in [1.165, 1.54) is 5.69 Å². The highest BCUT2D eigenvalue weighted by Crippen LogP contribution is 2.28. The van der Waals surface area contributed by atoms with Crippen LogP contribution in [0.4, 0.5) is 0 Å². The van der Waals surface area contributed by atoms with Crippen LogP contribution in [0, 0.1) is 0 Å². The first-order valence-electron chi connectivity index (χ1n) is 8.51. The van der Waals surface area contributed by atoms with E-state index in [0.717, 1.165) is 12.3 Å². The van der Waals surface area contributed by atoms with Crippen LogP contribution in [0.15, 0.2) is 72.9 Å². The fourth-order valence-corrected chi connectivity index (χ4v) is 3.34. The number of hydrogen-bond donors (Lipinski definition) is 0. The van der Waals surface area contributed by atoms with E-state index in [4.69, 9.17) is 4.74 Å². The van der Waals surface area contributed by atoms with Crippen LogP contribution in [0.3, 0.4) is 0 Å². The molecule has 126 valence electrons. The minimum Gasteiger partial charge on any atom is -0.457 e. The minimum absolute atomic E-state index is 0.0402. The predicted molar refractivity (Wildman–Crippen MR) is 96.8 cm³/mol. The van der Waals surface area contributed by atoms with E-state index in [2.05, 4.69) is 23.8 Å². The van der Waals surface area contributed by atoms with Gasteiger partial charge in [0.15, 0.2) is 0 Å². The Kier molecular flexibility index (Phi) is 4.02. The summed E-state index contributed by atoms with van der Waals surface area (Å²) in [5, 5.41) is 0. The summed E-state index contributed by atoms with van der Waals surface area (Å²) in [5.74, 6) is 1.47. The van der Waals surface area contributed by atoms with Crippen molar-refractivity contribution in [3.63, 3.8) is 0 Å². The van der Waals surface area contributed by atoms with Gasteiger partial charge in [0.25, 0.3) is 5.91 Å². The number of carbonyl (C=O) groups excluding carboxylic acids is 1. The van der Waals surface area contributed by atoms with Crippen molar-refractivity contribution in [1.29, 1.82) is 0 Å². The van der Waals surface area contributed by atoms with Crippen molar-refractivity contribution in [2.45, 2.75) is 19.5 Å². The number of carbonyl (C=O) groups is 1. The normalized spacial score (nSPS) is 16.4. The fraction of sp³-hybridized carbons (Fsp3) is 0.190. The average molecular weight is 332 g/mol. The van der Waals surface area contributed by atoms with Crippen LogP contribution < -0.4 is 4.74 Å². The summed E-state index contributed by atoms with van der Waals surface area (Å²) >= 11 is 0. The van der Waals surface area contributed by atoms with Crippen LogP contribution in [0.25, 0.3) is 0 Å². The second-order valence-electron chi connectivity index (χ2n) is 6.24. The molecule has 0 unspecified atom stereocenters. The van der Waals surface area contributed by atoms with Crippen LogP contribution in [0.5, 0.6) is 11.5 Å². The molecule has 0 radical (unpaired) electrons. The topological polar surface area (TPSA) is 34.5 Å². The standard InChI is InChI=1S/C21H20N2O2/c1-16-20-11-6-12-22(20)13-14-23(16)21(24)17-7-5-10-19(15-17)25-18-8-3-2-4-9-18/h2-12,15-16H,13-14H2,1H3/t16-/m1/s1. The molecule has 1 aliphatic rings. The number of benzene rings is 2. The van der Waals surface area contributed by atoms with Crippen LogP contribution in [0.1, 0.15) is 29.0 Å². The zero-order chi connectivity index (χ0) is 17.2. The van der Waals surface area contributed by atoms with Crippen molar-refractivity contribution in [1.82, 2.24) is 9.47 Å². The van der Waals surface area contributed by atoms with E-state index < -0.39 is 0 Å². The quantitative estimate of drug-likeness (QED) is 0.708. The molecule has 25 heavy (non-hydrogen) atoms. The van der Waals surface area contributed by atoms with E-state index >= 15 is 0 Å². The van der Waals surface area contributed by atoms with Crippen molar-refractivity contribution < 1.29 is 9.53 Å². The number of para-hydroxylation sites is 1. The third kappa shape index (κ3) is 3.03. The van der Waals surface area contributed by atoms with Gasteiger partial charge in [-0.15, -0.1) is 0 Å². The molecule has 2 heterocycles. The Balaban J connectivity index is 1.56. The van der Waals surface area contributed by atoms with Crippen molar-refractivity contribution in [2.75, 3.05) is 6.54 Å². The van der Waals surface area contributed by atoms with Gasteiger partial charge in [0.2, 0.25) is 0 Å². The van der Waals surface area contributed by atoms with Gasteiger partial charge in [-0.2, -0.15) is 0 Å². The molecule has 1 amide bonds. The van der Waals surface area contributed by atoms with E-state index in [9.17, 15) is 4.79 Å². The predicted octanol–water partition coefficient (Wildman–Crippen LogP) is 4.50. The number of aromatic nitrogens is 1. The number of amides is 1. The van der Waals surface area contributed by atoms with E-state index in [-0.39, 0.29) is 11.9 Å². The van der Waals surface area contributed by atoms with E-state index in [1.54, 1.807) is 0 Å². The van der Waals surface area contributed by atoms with Gasteiger partial charge in [-0.1, -0.05) is 24.3 Å². The zero-order valence-corrected chi connectivity index (χ0v) is 14.1. The summed E-state index contributed by atoms with van der Waals surface area (Å²) < 4.78 is 8.06. The maximum atomic E-state index is 13.0. The molecule has 0 bridgehead atoms. The fourth-order valence-electron chi connectivity index (χ4n) is 3.34. The van der Waals surface area contributed by atoms with Gasteiger partial charge in [0.1, 0.15) is 11.5 Å². The molecule has 1 atom stereocenters. The first-order valence-corrected chi connectivity index (χ1v) is 8.51. The molecule has 0 spiro atoms. The highest BCUT2D eigenvalue weighted by molar-refractivity contribution is 5.95. The Morgan fingerprint density at radius 3 is 2.60 bits per heavy atom. The molecule has 1 aliphatic heterocycles. The van der Waals surface area contributed by atoms with Gasteiger partial charge in [-0.05, 0) is 49.4 Å². The number of fused-ring (bicyclic) bond motifs is 1. The highest BCUT2D eigenvalue weighted by atomic mass is 16.5. The Bertz CT molecular complexity index is 886. The van der Waals surface area contributed by atoms with Gasteiger partial charge in [-0.25, -0.2) is 0 Å². The van der Waals surface area contributed by atoms with Crippen LogP contribution in [-0.4, -0.2) is 21.9 Å². The molecule has 0 aliphatic carbocycles. The third-order valence-corrected chi connectivity index (χ3v) is 4.66. The number of nitrogens with zero attached hydrogens (tertiary/aromatic N) is 2. The number of ether oxygens (including phenoxy) is 1. The molecule has 0 saturated heterocycles. The second kappa shape index (κ2) is 6.48. The summed E-state index contributed by atoms with van der Waals surface area (Å²) in [4.78, 5) is 14.9. The van der Waals surface area contributed by atoms with Gasteiger partial charge in [0, 0.05) is 30.5 Å². The third-order valence-electron chi connectivity index (χ3n) is 4.66. The Hall–Kier alpha value is -3.01. The molecule has 0 N–H and O–H groups in total. The van der Waals surface area contributed by atoms with Crippen molar-refractivity contribution in [3.8, 4) is 11.5 Å². The largest absolute Gasteiger partial charge is 0.457 e. The summed E-state index contributed by atoms with van der Waals surface area (Å²) in [6.07, 6.45) is 2.07. The molecule has 0 saturated carbocycles. The molecule has 1 aromatic heterocycles. The Morgan fingerprint density at radius 2 is 1.76 bits per heavy atom. The van der Waals surface area contributed by atoms with E-state index in [1.807, 2.05) is 65.6 Å². The highest BCUT2D eigenvalue weighted by Gasteiger charge is 2.28. The first-order chi connectivity index (χ1) is 12.2. The van der Waals surface area contributed by atoms with Crippen molar-refractivity contribution in [2.24, 2.45) is 0 Å². The summed E-state index contributed by atoms with van der Waals surface area (Å²) in [5.41, 5.74) is 1.83.